The van der Waals surface area contributed by atoms with E-state index in [2.05, 4.69) is 29.4 Å². The van der Waals surface area contributed by atoms with E-state index in [-0.39, 0.29) is 17.4 Å². The van der Waals surface area contributed by atoms with Gasteiger partial charge in [0.1, 0.15) is 11.7 Å². The first-order valence-electron chi connectivity index (χ1n) is 8.85. The highest BCUT2D eigenvalue weighted by atomic mass is 16.7. The van der Waals surface area contributed by atoms with Crippen molar-refractivity contribution in [1.82, 2.24) is 4.90 Å². The lowest BCUT2D eigenvalue weighted by atomic mass is 9.51. The number of ether oxygens (including phenoxy) is 1. The van der Waals surface area contributed by atoms with Gasteiger partial charge in [-0.2, -0.15) is 0 Å². The van der Waals surface area contributed by atoms with Crippen LogP contribution in [0.2, 0.25) is 0 Å². The summed E-state index contributed by atoms with van der Waals surface area (Å²) < 4.78 is 6.35. The second-order valence-corrected chi connectivity index (χ2v) is 8.20. The molecule has 2 aliphatic carbocycles. The standard InChI is InChI=1S/C19H22N2O4/c1-10-8-11-9-13-12-4-5-18(2,22)17-19(12,6-7-21(13)3)14(11)16(24-17)15(10)25-20-23/h4-5,8,12-13,17,22H,6-7,9H2,1-3H3/t12-,13+,17-,18-,19-/m0/s1. The molecule has 0 saturated carbocycles. The van der Waals surface area contributed by atoms with Gasteiger partial charge in [-0.05, 0) is 51.4 Å². The predicted molar refractivity (Wildman–Crippen MR) is 91.7 cm³/mol. The van der Waals surface area contributed by atoms with Crippen molar-refractivity contribution in [2.45, 2.75) is 49.9 Å². The van der Waals surface area contributed by atoms with E-state index < -0.39 is 5.60 Å². The number of rotatable bonds is 2. The van der Waals surface area contributed by atoms with E-state index in [1.54, 1.807) is 6.92 Å². The van der Waals surface area contributed by atoms with E-state index in [0.29, 0.717) is 17.5 Å². The number of hydrogen-bond donors (Lipinski definition) is 1. The molecule has 4 aliphatic rings. The molecule has 0 unspecified atom stereocenters. The molecule has 1 spiro atoms. The zero-order valence-electron chi connectivity index (χ0n) is 14.7. The number of hydrogen-bond acceptors (Lipinski definition) is 6. The van der Waals surface area contributed by atoms with Gasteiger partial charge in [-0.1, -0.05) is 18.2 Å². The van der Waals surface area contributed by atoms with Crippen molar-refractivity contribution < 1.29 is 14.7 Å². The number of likely N-dealkylation sites (N-methyl/N-ethyl adjacent to an activating group) is 1. The first kappa shape index (κ1) is 15.3. The van der Waals surface area contributed by atoms with Crippen LogP contribution in [0.5, 0.6) is 11.5 Å². The lowest BCUT2D eigenvalue weighted by Crippen LogP contribution is -2.67. The number of piperidine rings is 1. The van der Waals surface area contributed by atoms with E-state index in [0.717, 1.165) is 30.5 Å². The van der Waals surface area contributed by atoms with Crippen molar-refractivity contribution in [1.29, 1.82) is 0 Å². The van der Waals surface area contributed by atoms with Crippen LogP contribution >= 0.6 is 0 Å². The van der Waals surface area contributed by atoms with Gasteiger partial charge in [-0.3, -0.25) is 0 Å². The molecule has 1 aromatic rings. The molecule has 6 heteroatoms. The van der Waals surface area contributed by atoms with Crippen LogP contribution in [0.3, 0.4) is 0 Å². The van der Waals surface area contributed by atoms with Gasteiger partial charge in [-0.25, -0.2) is 0 Å². The highest BCUT2D eigenvalue weighted by Crippen LogP contribution is 2.64. The topological polar surface area (TPSA) is 71.4 Å². The third-order valence-electron chi connectivity index (χ3n) is 6.86. The summed E-state index contributed by atoms with van der Waals surface area (Å²) in [5.74, 6) is 1.28. The number of benzene rings is 1. The summed E-state index contributed by atoms with van der Waals surface area (Å²) in [4.78, 5) is 18.3. The van der Waals surface area contributed by atoms with E-state index in [1.807, 2.05) is 13.0 Å². The van der Waals surface area contributed by atoms with Crippen molar-refractivity contribution in [2.24, 2.45) is 11.3 Å². The van der Waals surface area contributed by atoms with Crippen LogP contribution in [0.1, 0.15) is 30.0 Å². The molecule has 1 aromatic carbocycles. The van der Waals surface area contributed by atoms with Gasteiger partial charge < -0.3 is 19.6 Å². The monoisotopic (exact) mass is 342 g/mol. The molecular formula is C19H22N2O4. The van der Waals surface area contributed by atoms with Gasteiger partial charge in [0.15, 0.2) is 11.1 Å². The molecule has 0 aromatic heterocycles. The minimum Gasteiger partial charge on any atom is -0.482 e. The van der Waals surface area contributed by atoms with Crippen LogP contribution in [0.15, 0.2) is 23.6 Å². The van der Waals surface area contributed by atoms with Gasteiger partial charge in [0.05, 0.1) is 0 Å². The second-order valence-electron chi connectivity index (χ2n) is 8.20. The number of nitrogens with zero attached hydrogens (tertiary/aromatic N) is 2. The van der Waals surface area contributed by atoms with Gasteiger partial charge in [0.2, 0.25) is 5.75 Å². The first-order valence-corrected chi connectivity index (χ1v) is 8.85. The van der Waals surface area contributed by atoms with Crippen molar-refractivity contribution >= 4 is 0 Å². The van der Waals surface area contributed by atoms with E-state index >= 15 is 0 Å². The summed E-state index contributed by atoms with van der Waals surface area (Å²) in [6.07, 6.45) is 5.53. The maximum atomic E-state index is 11.1. The minimum absolute atomic E-state index is 0.271. The molecule has 1 N–H and O–H groups in total. The Hall–Kier alpha value is -1.92. The largest absolute Gasteiger partial charge is 0.482 e. The SMILES string of the molecule is Cc1cc2c3c(c1ON=O)O[C@@H]1[C@]34CCN(C)[C@H](C2)[C@@H]4C=C[C@]1(C)O. The molecule has 132 valence electrons. The van der Waals surface area contributed by atoms with Crippen molar-refractivity contribution in [3.63, 3.8) is 0 Å². The van der Waals surface area contributed by atoms with Crippen molar-refractivity contribution in [2.75, 3.05) is 13.6 Å². The summed E-state index contributed by atoms with van der Waals surface area (Å²) in [6, 6.07) is 2.49. The lowest BCUT2D eigenvalue weighted by molar-refractivity contribution is -0.0892. The van der Waals surface area contributed by atoms with Crippen LogP contribution in [0.25, 0.3) is 0 Å². The summed E-state index contributed by atoms with van der Waals surface area (Å²) >= 11 is 0. The smallest absolute Gasteiger partial charge is 0.206 e. The van der Waals surface area contributed by atoms with E-state index in [4.69, 9.17) is 9.57 Å². The van der Waals surface area contributed by atoms with Crippen molar-refractivity contribution in [3.05, 3.63) is 39.8 Å². The Morgan fingerprint density at radius 3 is 3.04 bits per heavy atom. The highest BCUT2D eigenvalue weighted by molar-refractivity contribution is 5.65. The van der Waals surface area contributed by atoms with Gasteiger partial charge in [-0.15, -0.1) is 4.91 Å². The average molecular weight is 342 g/mol. The molecular weight excluding hydrogens is 320 g/mol. The van der Waals surface area contributed by atoms with Gasteiger partial charge >= 0.3 is 0 Å². The third kappa shape index (κ3) is 1.67. The Morgan fingerprint density at radius 2 is 2.28 bits per heavy atom. The predicted octanol–water partition coefficient (Wildman–Crippen LogP) is 2.25. The summed E-state index contributed by atoms with van der Waals surface area (Å²) in [5, 5.41) is 13.7. The van der Waals surface area contributed by atoms with Crippen LogP contribution < -0.4 is 9.57 Å². The maximum absolute atomic E-state index is 11.1. The Morgan fingerprint density at radius 1 is 1.48 bits per heavy atom. The van der Waals surface area contributed by atoms with E-state index in [1.165, 1.54) is 5.56 Å². The zero-order valence-corrected chi connectivity index (χ0v) is 14.7. The fraction of sp³-hybridized carbons (Fsp3) is 0.579. The second kappa shape index (κ2) is 4.62. The Bertz CT molecular complexity index is 818. The molecule has 6 nitrogen and oxygen atoms in total. The zero-order chi connectivity index (χ0) is 17.6. The van der Waals surface area contributed by atoms with Crippen LogP contribution in [0, 0.1) is 17.7 Å². The van der Waals surface area contributed by atoms with E-state index in [9.17, 15) is 10.0 Å². The molecule has 2 aliphatic heterocycles. The van der Waals surface area contributed by atoms with Crippen LogP contribution in [-0.4, -0.2) is 41.3 Å². The molecule has 25 heavy (non-hydrogen) atoms. The molecule has 0 amide bonds. The Balaban J connectivity index is 1.83. The van der Waals surface area contributed by atoms with Gasteiger partial charge in [0.25, 0.3) is 0 Å². The van der Waals surface area contributed by atoms with Gasteiger partial charge in [0, 0.05) is 22.9 Å². The quantitative estimate of drug-likeness (QED) is 0.507. The van der Waals surface area contributed by atoms with Crippen LogP contribution in [-0.2, 0) is 11.8 Å². The Labute approximate surface area is 146 Å². The fourth-order valence-electron chi connectivity index (χ4n) is 5.87. The number of likely N-dealkylation sites (tertiary alicyclic amines) is 1. The number of aryl methyl sites for hydroxylation is 1. The highest BCUT2D eigenvalue weighted by Gasteiger charge is 2.66. The summed E-state index contributed by atoms with van der Waals surface area (Å²) in [6.45, 7) is 4.67. The normalized spacial score (nSPS) is 40.4. The third-order valence-corrected chi connectivity index (χ3v) is 6.86. The molecule has 0 radical (unpaired) electrons. The van der Waals surface area contributed by atoms with Crippen LogP contribution in [0.4, 0.5) is 0 Å². The Kier molecular flexibility index (Phi) is 2.84. The molecule has 5 rings (SSSR count). The maximum Gasteiger partial charge on any atom is 0.206 e. The molecule has 2 heterocycles. The number of aliphatic hydroxyl groups is 1. The van der Waals surface area contributed by atoms with Crippen molar-refractivity contribution in [3.8, 4) is 11.5 Å². The average Bonchev–Trinajstić information content (AvgIpc) is 2.91. The lowest BCUT2D eigenvalue weighted by Gasteiger charge is -2.58. The molecule has 1 saturated heterocycles. The molecule has 1 fully saturated rings. The summed E-state index contributed by atoms with van der Waals surface area (Å²) in [7, 11) is 2.18. The molecule has 2 bridgehead atoms. The molecule has 5 atom stereocenters. The summed E-state index contributed by atoms with van der Waals surface area (Å²) in [5.41, 5.74) is 1.88. The fourth-order valence-corrected chi connectivity index (χ4v) is 5.87. The first-order chi connectivity index (χ1) is 11.9. The minimum atomic E-state index is -1.07.